The molecular formula is C14H14F3N. The summed E-state index contributed by atoms with van der Waals surface area (Å²) >= 11 is 0. The van der Waals surface area contributed by atoms with Crippen molar-refractivity contribution in [3.63, 3.8) is 0 Å². The van der Waals surface area contributed by atoms with Crippen molar-refractivity contribution in [2.24, 2.45) is 0 Å². The number of nitrogens with zero attached hydrogens (tertiary/aromatic N) is 1. The number of benzene rings is 1. The first-order chi connectivity index (χ1) is 8.52. The van der Waals surface area contributed by atoms with Crippen molar-refractivity contribution in [3.8, 4) is 0 Å². The number of likely N-dealkylation sites (N-methyl/N-ethyl adjacent to an activating group) is 1. The molecule has 0 atom stereocenters. The van der Waals surface area contributed by atoms with Gasteiger partial charge >= 0.3 is 0 Å². The van der Waals surface area contributed by atoms with E-state index in [4.69, 9.17) is 0 Å². The van der Waals surface area contributed by atoms with E-state index in [0.29, 0.717) is 30.9 Å². The van der Waals surface area contributed by atoms with E-state index >= 15 is 0 Å². The highest BCUT2D eigenvalue weighted by molar-refractivity contribution is 5.68. The zero-order valence-electron chi connectivity index (χ0n) is 10.3. The molecule has 1 aromatic rings. The third kappa shape index (κ3) is 2.28. The normalized spacial score (nSPS) is 15.5. The predicted octanol–water partition coefficient (Wildman–Crippen LogP) is 3.73. The lowest BCUT2D eigenvalue weighted by atomic mass is 10.0. The van der Waals surface area contributed by atoms with Gasteiger partial charge in [0.25, 0.3) is 0 Å². The minimum Gasteiger partial charge on any atom is -0.367 e. The summed E-state index contributed by atoms with van der Waals surface area (Å²) in [6, 6.07) is 1.41. The standard InChI is InChI=1S/C14H14F3N/c1-3-18-8-9(2)4-5-13(18)14-11(16)6-10(15)7-12(14)17/h4-7H,3,8H2,1-2H3. The molecule has 1 aliphatic rings. The van der Waals surface area contributed by atoms with Gasteiger partial charge in [0.05, 0.1) is 11.3 Å². The highest BCUT2D eigenvalue weighted by atomic mass is 19.1. The first kappa shape index (κ1) is 12.7. The molecule has 0 spiro atoms. The summed E-state index contributed by atoms with van der Waals surface area (Å²) < 4.78 is 40.4. The molecule has 0 radical (unpaired) electrons. The van der Waals surface area contributed by atoms with Crippen molar-refractivity contribution in [3.05, 3.63) is 52.9 Å². The molecule has 0 N–H and O–H groups in total. The van der Waals surface area contributed by atoms with Crippen molar-refractivity contribution >= 4 is 5.70 Å². The molecule has 0 unspecified atom stereocenters. The lowest BCUT2D eigenvalue weighted by Crippen LogP contribution is -2.26. The van der Waals surface area contributed by atoms with Gasteiger partial charge in [-0.1, -0.05) is 11.6 Å². The van der Waals surface area contributed by atoms with Gasteiger partial charge in [0.2, 0.25) is 0 Å². The van der Waals surface area contributed by atoms with E-state index in [-0.39, 0.29) is 5.56 Å². The van der Waals surface area contributed by atoms with Crippen LogP contribution in [0, 0.1) is 17.5 Å². The Bertz CT molecular complexity index is 509. The van der Waals surface area contributed by atoms with Gasteiger partial charge < -0.3 is 4.90 Å². The van der Waals surface area contributed by atoms with Crippen LogP contribution in [0.4, 0.5) is 13.2 Å². The van der Waals surface area contributed by atoms with E-state index in [0.717, 1.165) is 5.57 Å². The topological polar surface area (TPSA) is 3.24 Å². The lowest BCUT2D eigenvalue weighted by Gasteiger charge is -2.29. The van der Waals surface area contributed by atoms with Crippen LogP contribution < -0.4 is 0 Å². The fourth-order valence-electron chi connectivity index (χ4n) is 2.08. The van der Waals surface area contributed by atoms with E-state index in [1.54, 1.807) is 6.08 Å². The number of rotatable bonds is 2. The molecular weight excluding hydrogens is 239 g/mol. The Morgan fingerprint density at radius 2 is 1.72 bits per heavy atom. The summed E-state index contributed by atoms with van der Waals surface area (Å²) in [4.78, 5) is 1.86. The molecule has 2 rings (SSSR count). The van der Waals surface area contributed by atoms with Crippen LogP contribution >= 0.6 is 0 Å². The summed E-state index contributed by atoms with van der Waals surface area (Å²) in [5, 5.41) is 0. The Morgan fingerprint density at radius 1 is 1.11 bits per heavy atom. The van der Waals surface area contributed by atoms with E-state index in [1.165, 1.54) is 0 Å². The first-order valence-corrected chi connectivity index (χ1v) is 5.80. The SMILES string of the molecule is CCN1CC(C)=CC=C1c1c(F)cc(F)cc1F. The average Bonchev–Trinajstić information content (AvgIpc) is 2.29. The second kappa shape index (κ2) is 4.88. The summed E-state index contributed by atoms with van der Waals surface area (Å²) in [7, 11) is 0. The number of hydrogen-bond acceptors (Lipinski definition) is 1. The summed E-state index contributed by atoms with van der Waals surface area (Å²) in [5.41, 5.74) is 1.41. The van der Waals surface area contributed by atoms with Crippen LogP contribution in [-0.2, 0) is 0 Å². The molecule has 0 aliphatic carbocycles. The Hall–Kier alpha value is -1.71. The molecule has 0 saturated heterocycles. The monoisotopic (exact) mass is 253 g/mol. The molecule has 1 heterocycles. The van der Waals surface area contributed by atoms with Gasteiger partial charge in [-0.25, -0.2) is 13.2 Å². The van der Waals surface area contributed by atoms with Crippen LogP contribution in [-0.4, -0.2) is 18.0 Å². The fraction of sp³-hybridized carbons (Fsp3) is 0.286. The lowest BCUT2D eigenvalue weighted by molar-refractivity contribution is 0.438. The van der Waals surface area contributed by atoms with Gasteiger partial charge in [-0.3, -0.25) is 0 Å². The third-order valence-electron chi connectivity index (χ3n) is 2.95. The molecule has 1 aliphatic heterocycles. The van der Waals surface area contributed by atoms with Crippen LogP contribution in [0.3, 0.4) is 0 Å². The smallest absolute Gasteiger partial charge is 0.138 e. The average molecular weight is 253 g/mol. The van der Waals surface area contributed by atoms with Crippen molar-refractivity contribution in [2.45, 2.75) is 13.8 Å². The molecule has 0 aromatic heterocycles. The Labute approximate surface area is 104 Å². The van der Waals surface area contributed by atoms with Gasteiger partial charge in [-0.05, 0) is 19.9 Å². The minimum atomic E-state index is -0.903. The summed E-state index contributed by atoms with van der Waals surface area (Å²) in [6.07, 6.45) is 3.49. The molecule has 18 heavy (non-hydrogen) atoms. The number of halogens is 3. The minimum absolute atomic E-state index is 0.165. The molecule has 0 amide bonds. The van der Waals surface area contributed by atoms with Crippen molar-refractivity contribution < 1.29 is 13.2 Å². The van der Waals surface area contributed by atoms with Gasteiger partial charge in [0.1, 0.15) is 17.5 Å². The highest BCUT2D eigenvalue weighted by Gasteiger charge is 2.21. The molecule has 4 heteroatoms. The first-order valence-electron chi connectivity index (χ1n) is 5.80. The third-order valence-corrected chi connectivity index (χ3v) is 2.95. The predicted molar refractivity (Wildman–Crippen MR) is 65.3 cm³/mol. The maximum Gasteiger partial charge on any atom is 0.138 e. The van der Waals surface area contributed by atoms with E-state index in [2.05, 4.69) is 0 Å². The van der Waals surface area contributed by atoms with Crippen LogP contribution in [0.2, 0.25) is 0 Å². The number of hydrogen-bond donors (Lipinski definition) is 0. The van der Waals surface area contributed by atoms with Crippen LogP contribution in [0.1, 0.15) is 19.4 Å². The molecule has 1 nitrogen and oxygen atoms in total. The molecule has 0 saturated carbocycles. The van der Waals surface area contributed by atoms with Gasteiger partial charge in [0.15, 0.2) is 0 Å². The van der Waals surface area contributed by atoms with Crippen molar-refractivity contribution in [2.75, 3.05) is 13.1 Å². The second-order valence-corrected chi connectivity index (χ2v) is 4.32. The number of allylic oxidation sites excluding steroid dienone is 2. The quantitative estimate of drug-likeness (QED) is 0.776. The maximum atomic E-state index is 13.7. The van der Waals surface area contributed by atoms with E-state index in [1.807, 2.05) is 24.8 Å². The van der Waals surface area contributed by atoms with Crippen molar-refractivity contribution in [1.82, 2.24) is 4.90 Å². The molecule has 96 valence electrons. The highest BCUT2D eigenvalue weighted by Crippen LogP contribution is 2.28. The zero-order valence-corrected chi connectivity index (χ0v) is 10.3. The largest absolute Gasteiger partial charge is 0.367 e. The van der Waals surface area contributed by atoms with Crippen molar-refractivity contribution in [1.29, 1.82) is 0 Å². The Morgan fingerprint density at radius 3 is 2.28 bits per heavy atom. The van der Waals surface area contributed by atoms with Crippen LogP contribution in [0.15, 0.2) is 29.9 Å². The van der Waals surface area contributed by atoms with Gasteiger partial charge in [-0.2, -0.15) is 0 Å². The van der Waals surface area contributed by atoms with Crippen LogP contribution in [0.25, 0.3) is 5.70 Å². The Kier molecular flexibility index (Phi) is 3.45. The molecule has 0 bridgehead atoms. The van der Waals surface area contributed by atoms with Gasteiger partial charge in [-0.15, -0.1) is 0 Å². The summed E-state index contributed by atoms with van der Waals surface area (Å²) in [6.45, 7) is 5.12. The Balaban J connectivity index is 2.54. The summed E-state index contributed by atoms with van der Waals surface area (Å²) in [5.74, 6) is -2.64. The van der Waals surface area contributed by atoms with E-state index in [9.17, 15) is 13.2 Å². The van der Waals surface area contributed by atoms with E-state index < -0.39 is 17.5 Å². The maximum absolute atomic E-state index is 13.7. The van der Waals surface area contributed by atoms with Crippen LogP contribution in [0.5, 0.6) is 0 Å². The van der Waals surface area contributed by atoms with Gasteiger partial charge in [0, 0.05) is 25.2 Å². The molecule has 1 aromatic carbocycles. The molecule has 0 fully saturated rings. The second-order valence-electron chi connectivity index (χ2n) is 4.32. The zero-order chi connectivity index (χ0) is 13.3. The fourth-order valence-corrected chi connectivity index (χ4v) is 2.08.